The Hall–Kier alpha value is -3.88. The van der Waals surface area contributed by atoms with Crippen LogP contribution in [0.15, 0.2) is 59.5 Å². The molecular formula is C26H28BrN9O3S. The summed E-state index contributed by atoms with van der Waals surface area (Å²) >= 11 is 3.47. The Morgan fingerprint density at radius 3 is 2.52 bits per heavy atom. The summed E-state index contributed by atoms with van der Waals surface area (Å²) in [6.07, 6.45) is 5.76. The molecule has 5 rings (SSSR count). The van der Waals surface area contributed by atoms with Crippen LogP contribution in [0.4, 0.5) is 28.8 Å². The highest BCUT2D eigenvalue weighted by Crippen LogP contribution is 2.36. The third-order valence-electron chi connectivity index (χ3n) is 6.58. The highest BCUT2D eigenvalue weighted by molar-refractivity contribution is 9.10. The average Bonchev–Trinajstić information content (AvgIpc) is 2.94. The molecule has 0 radical (unpaired) electrons. The lowest BCUT2D eigenvalue weighted by atomic mass is 10.1. The number of nitrogens with zero attached hydrogens (tertiary/aromatic N) is 7. The molecule has 0 unspecified atom stereocenters. The van der Waals surface area contributed by atoms with Gasteiger partial charge in [0.1, 0.15) is 17.0 Å². The number of hydrogen-bond donors (Lipinski definition) is 2. The quantitative estimate of drug-likeness (QED) is 0.314. The van der Waals surface area contributed by atoms with E-state index in [-0.39, 0.29) is 11.9 Å². The molecule has 12 nitrogen and oxygen atoms in total. The molecule has 2 aromatic carbocycles. The molecule has 2 N–H and O–H groups in total. The van der Waals surface area contributed by atoms with E-state index in [4.69, 9.17) is 0 Å². The standard InChI is InChI=1S/C26H28BrN9O3S/c1-34-11-13-36(14-12-34)25(37)17-5-4-6-18(15-17)31-26-30-16-19(27)24(33-26)32-21-8-7-20-22(29-10-9-28-20)23(21)35(2)40(3,38)39/h4-10,15-16H,11-14H2,1-3H3,(H2,30,31,32,33). The highest BCUT2D eigenvalue weighted by Gasteiger charge is 2.22. The van der Waals surface area contributed by atoms with E-state index in [2.05, 4.69) is 51.4 Å². The van der Waals surface area contributed by atoms with Crippen molar-refractivity contribution in [2.45, 2.75) is 0 Å². The second-order valence-electron chi connectivity index (χ2n) is 9.43. The molecule has 0 bridgehead atoms. The molecule has 4 aromatic rings. The number of halogens is 1. The summed E-state index contributed by atoms with van der Waals surface area (Å²) in [6, 6.07) is 10.7. The van der Waals surface area contributed by atoms with E-state index in [1.54, 1.807) is 36.7 Å². The van der Waals surface area contributed by atoms with Gasteiger partial charge in [-0.1, -0.05) is 6.07 Å². The normalized spacial score (nSPS) is 14.2. The van der Waals surface area contributed by atoms with Crippen LogP contribution in [-0.2, 0) is 10.0 Å². The van der Waals surface area contributed by atoms with Gasteiger partial charge in [-0.3, -0.25) is 19.1 Å². The fourth-order valence-electron chi connectivity index (χ4n) is 4.30. The van der Waals surface area contributed by atoms with Crippen molar-refractivity contribution in [3.8, 4) is 0 Å². The molecule has 1 saturated heterocycles. The number of amides is 1. The van der Waals surface area contributed by atoms with Gasteiger partial charge in [0.25, 0.3) is 5.91 Å². The van der Waals surface area contributed by atoms with Gasteiger partial charge in [-0.05, 0) is 53.3 Å². The lowest BCUT2D eigenvalue weighted by molar-refractivity contribution is 0.0664. The monoisotopic (exact) mass is 625 g/mol. The fraction of sp³-hybridized carbons (Fsp3) is 0.269. The van der Waals surface area contributed by atoms with Crippen molar-refractivity contribution in [1.29, 1.82) is 0 Å². The van der Waals surface area contributed by atoms with Gasteiger partial charge in [-0.2, -0.15) is 4.98 Å². The van der Waals surface area contributed by atoms with E-state index in [1.165, 1.54) is 13.2 Å². The van der Waals surface area contributed by atoms with Gasteiger partial charge in [0.15, 0.2) is 0 Å². The van der Waals surface area contributed by atoms with E-state index < -0.39 is 10.0 Å². The smallest absolute Gasteiger partial charge is 0.254 e. The van der Waals surface area contributed by atoms with Crippen molar-refractivity contribution in [3.05, 3.63) is 65.0 Å². The van der Waals surface area contributed by atoms with Crippen LogP contribution in [0, 0.1) is 0 Å². The van der Waals surface area contributed by atoms with Gasteiger partial charge in [-0.25, -0.2) is 13.4 Å². The topological polar surface area (TPSA) is 137 Å². The van der Waals surface area contributed by atoms with E-state index in [0.717, 1.165) is 23.7 Å². The van der Waals surface area contributed by atoms with Crippen LogP contribution in [0.5, 0.6) is 0 Å². The first-order valence-corrected chi connectivity index (χ1v) is 15.1. The van der Waals surface area contributed by atoms with Gasteiger partial charge in [-0.15, -0.1) is 0 Å². The molecule has 1 aliphatic heterocycles. The van der Waals surface area contributed by atoms with E-state index >= 15 is 0 Å². The molecule has 1 aliphatic rings. The van der Waals surface area contributed by atoms with Crippen molar-refractivity contribution in [1.82, 2.24) is 29.7 Å². The number of rotatable bonds is 7. The number of piperazine rings is 1. The van der Waals surface area contributed by atoms with Crippen LogP contribution >= 0.6 is 15.9 Å². The minimum atomic E-state index is -3.61. The number of carbonyl (C=O) groups excluding carboxylic acids is 1. The number of likely N-dealkylation sites (N-methyl/N-ethyl adjacent to an activating group) is 1. The Morgan fingerprint density at radius 2 is 1.77 bits per heavy atom. The van der Waals surface area contributed by atoms with Crippen LogP contribution in [0.2, 0.25) is 0 Å². The SMILES string of the molecule is CN1CCN(C(=O)c2cccc(Nc3ncc(Br)c(Nc4ccc5nccnc5c4N(C)S(C)(=O)=O)n3)c2)CC1. The maximum absolute atomic E-state index is 13.0. The van der Waals surface area contributed by atoms with Gasteiger partial charge in [0, 0.05) is 63.1 Å². The van der Waals surface area contributed by atoms with Crippen LogP contribution < -0.4 is 14.9 Å². The second-order valence-corrected chi connectivity index (χ2v) is 12.3. The van der Waals surface area contributed by atoms with Crippen LogP contribution in [0.25, 0.3) is 11.0 Å². The predicted octanol–water partition coefficient (Wildman–Crippen LogP) is 3.45. The van der Waals surface area contributed by atoms with Crippen molar-refractivity contribution < 1.29 is 13.2 Å². The summed E-state index contributed by atoms with van der Waals surface area (Å²) in [5.74, 6) is 0.666. The molecule has 1 fully saturated rings. The molecule has 0 spiro atoms. The number of aromatic nitrogens is 4. The lowest BCUT2D eigenvalue weighted by Crippen LogP contribution is -2.47. The number of carbonyl (C=O) groups is 1. The van der Waals surface area contributed by atoms with Crippen LogP contribution in [-0.4, -0.2) is 90.6 Å². The third kappa shape index (κ3) is 5.98. The lowest BCUT2D eigenvalue weighted by Gasteiger charge is -2.32. The minimum Gasteiger partial charge on any atom is -0.337 e. The molecule has 2 aromatic heterocycles. The fourth-order valence-corrected chi connectivity index (χ4v) is 5.11. The maximum Gasteiger partial charge on any atom is 0.254 e. The number of sulfonamides is 1. The first kappa shape index (κ1) is 27.7. The summed E-state index contributed by atoms with van der Waals surface area (Å²) in [4.78, 5) is 34.7. The summed E-state index contributed by atoms with van der Waals surface area (Å²) < 4.78 is 26.7. The second kappa shape index (κ2) is 11.3. The Balaban J connectivity index is 1.42. The molecule has 1 amide bonds. The van der Waals surface area contributed by atoms with E-state index in [0.29, 0.717) is 57.0 Å². The first-order chi connectivity index (χ1) is 19.1. The molecular weight excluding hydrogens is 598 g/mol. The Kier molecular flexibility index (Phi) is 7.83. The summed E-state index contributed by atoms with van der Waals surface area (Å²) in [5.41, 5.74) is 3.01. The Bertz CT molecular complexity index is 1680. The van der Waals surface area contributed by atoms with E-state index in [9.17, 15) is 13.2 Å². The number of hydrogen-bond acceptors (Lipinski definition) is 10. The van der Waals surface area contributed by atoms with Crippen molar-refractivity contribution in [2.24, 2.45) is 0 Å². The highest BCUT2D eigenvalue weighted by atomic mass is 79.9. The summed E-state index contributed by atoms with van der Waals surface area (Å²) in [7, 11) is -0.0990. The zero-order valence-electron chi connectivity index (χ0n) is 22.2. The zero-order valence-corrected chi connectivity index (χ0v) is 24.6. The first-order valence-electron chi connectivity index (χ1n) is 12.4. The Morgan fingerprint density at radius 1 is 1.02 bits per heavy atom. The number of fused-ring (bicyclic) bond motifs is 1. The van der Waals surface area contributed by atoms with Crippen molar-refractivity contribution >= 4 is 71.7 Å². The minimum absolute atomic E-state index is 0.0160. The zero-order chi connectivity index (χ0) is 28.4. The molecule has 40 heavy (non-hydrogen) atoms. The summed E-state index contributed by atoms with van der Waals surface area (Å²) in [6.45, 7) is 3.07. The molecule has 0 aliphatic carbocycles. The summed E-state index contributed by atoms with van der Waals surface area (Å²) in [5, 5.41) is 6.37. The molecule has 0 saturated carbocycles. The third-order valence-corrected chi connectivity index (χ3v) is 8.34. The largest absolute Gasteiger partial charge is 0.337 e. The molecule has 14 heteroatoms. The molecule has 3 heterocycles. The van der Waals surface area contributed by atoms with Crippen LogP contribution in [0.3, 0.4) is 0 Å². The Labute approximate surface area is 240 Å². The van der Waals surface area contributed by atoms with Gasteiger partial charge >= 0.3 is 0 Å². The number of nitrogens with one attached hydrogen (secondary N) is 2. The molecule has 0 atom stereocenters. The van der Waals surface area contributed by atoms with Crippen LogP contribution in [0.1, 0.15) is 10.4 Å². The number of anilines is 5. The van der Waals surface area contributed by atoms with Gasteiger partial charge in [0.2, 0.25) is 16.0 Å². The van der Waals surface area contributed by atoms with Gasteiger partial charge in [0.05, 0.1) is 21.9 Å². The predicted molar refractivity (Wildman–Crippen MR) is 159 cm³/mol. The van der Waals surface area contributed by atoms with Crippen molar-refractivity contribution in [3.63, 3.8) is 0 Å². The van der Waals surface area contributed by atoms with Crippen molar-refractivity contribution in [2.75, 3.05) is 61.5 Å². The average molecular weight is 627 g/mol. The van der Waals surface area contributed by atoms with E-state index in [1.807, 2.05) is 24.1 Å². The number of benzene rings is 2. The maximum atomic E-state index is 13.0. The molecule has 208 valence electrons. The van der Waals surface area contributed by atoms with Gasteiger partial charge < -0.3 is 20.4 Å².